The number of nitrogens with zero attached hydrogens (tertiary/aromatic N) is 1. The van der Waals surface area contributed by atoms with Gasteiger partial charge in [0.1, 0.15) is 6.10 Å². The maximum atomic E-state index is 9.30. The van der Waals surface area contributed by atoms with E-state index >= 15 is 0 Å². The molecule has 0 saturated heterocycles. The fourth-order valence-electron chi connectivity index (χ4n) is 0.693. The smallest absolute Gasteiger partial charge is 0.116 e. The van der Waals surface area contributed by atoms with Crippen molar-refractivity contribution in [1.29, 1.82) is 5.26 Å². The number of furan rings is 1. The Hall–Kier alpha value is -1.53. The Morgan fingerprint density at radius 1 is 1.82 bits per heavy atom. The first-order valence-electron chi connectivity index (χ1n) is 3.04. The van der Waals surface area contributed by atoms with E-state index in [0.29, 0.717) is 5.56 Å². The van der Waals surface area contributed by atoms with E-state index in [1.165, 1.54) is 12.5 Å². The van der Waals surface area contributed by atoms with Crippen molar-refractivity contribution < 1.29 is 9.52 Å². The third-order valence-electron chi connectivity index (χ3n) is 1.33. The van der Waals surface area contributed by atoms with Crippen LogP contribution in [-0.2, 0) is 0 Å². The topological polar surface area (TPSA) is 57.2 Å². The van der Waals surface area contributed by atoms with Gasteiger partial charge in [0.05, 0.1) is 24.2 Å². The molecule has 0 aliphatic heterocycles. The molecule has 0 fully saturated rings. The molecule has 0 aromatic carbocycles. The van der Waals surface area contributed by atoms with Crippen molar-refractivity contribution >= 4 is 0 Å². The monoisotopic (exact) mass is 149 g/mol. The molecule has 0 saturated carbocycles. The molecule has 0 bridgehead atoms. The molecule has 1 aromatic rings. The quantitative estimate of drug-likeness (QED) is 0.646. The number of nitriles is 1. The van der Waals surface area contributed by atoms with Crippen molar-refractivity contribution in [2.24, 2.45) is 0 Å². The van der Waals surface area contributed by atoms with E-state index in [2.05, 4.69) is 6.58 Å². The Labute approximate surface area is 64.2 Å². The van der Waals surface area contributed by atoms with E-state index in [1.807, 2.05) is 0 Å². The maximum Gasteiger partial charge on any atom is 0.116 e. The van der Waals surface area contributed by atoms with Gasteiger partial charge in [0.15, 0.2) is 0 Å². The van der Waals surface area contributed by atoms with E-state index in [-0.39, 0.29) is 5.57 Å². The lowest BCUT2D eigenvalue weighted by Crippen LogP contribution is -1.96. The average Bonchev–Trinajstić information content (AvgIpc) is 2.53. The van der Waals surface area contributed by atoms with Crippen LogP contribution >= 0.6 is 0 Å². The minimum absolute atomic E-state index is 0.117. The Kier molecular flexibility index (Phi) is 2.09. The molecule has 56 valence electrons. The second-order valence-corrected chi connectivity index (χ2v) is 2.10. The van der Waals surface area contributed by atoms with Gasteiger partial charge in [0.2, 0.25) is 0 Å². The Balaban J connectivity index is 2.80. The lowest BCUT2D eigenvalue weighted by Gasteiger charge is -2.02. The second-order valence-electron chi connectivity index (χ2n) is 2.10. The summed E-state index contributed by atoms with van der Waals surface area (Å²) in [6.07, 6.45) is 1.88. The molecule has 1 N–H and O–H groups in total. The lowest BCUT2D eigenvalue weighted by atomic mass is 10.1. The van der Waals surface area contributed by atoms with E-state index < -0.39 is 6.10 Å². The van der Waals surface area contributed by atoms with E-state index in [1.54, 1.807) is 12.1 Å². The SMILES string of the molecule is C=C(C#N)C(O)c1ccoc1. The van der Waals surface area contributed by atoms with Crippen molar-refractivity contribution in [3.63, 3.8) is 0 Å². The van der Waals surface area contributed by atoms with Gasteiger partial charge in [-0.1, -0.05) is 6.58 Å². The molecule has 1 aromatic heterocycles. The second kappa shape index (κ2) is 3.04. The van der Waals surface area contributed by atoms with Crippen LogP contribution in [0.4, 0.5) is 0 Å². The highest BCUT2D eigenvalue weighted by atomic mass is 16.3. The largest absolute Gasteiger partial charge is 0.472 e. The van der Waals surface area contributed by atoms with Crippen molar-refractivity contribution in [3.05, 3.63) is 36.3 Å². The van der Waals surface area contributed by atoms with Crippen molar-refractivity contribution in [1.82, 2.24) is 0 Å². The van der Waals surface area contributed by atoms with Crippen molar-refractivity contribution in [2.45, 2.75) is 6.10 Å². The molecule has 1 rings (SSSR count). The standard InChI is InChI=1S/C8H7NO2/c1-6(4-9)8(10)7-2-3-11-5-7/h2-3,5,8,10H,1H2. The van der Waals surface area contributed by atoms with E-state index in [4.69, 9.17) is 9.68 Å². The van der Waals surface area contributed by atoms with Crippen LogP contribution in [0.1, 0.15) is 11.7 Å². The summed E-state index contributed by atoms with van der Waals surface area (Å²) < 4.78 is 4.72. The number of hydrogen-bond acceptors (Lipinski definition) is 3. The normalized spacial score (nSPS) is 12.0. The molecule has 0 aliphatic rings. The highest BCUT2D eigenvalue weighted by Crippen LogP contribution is 2.19. The van der Waals surface area contributed by atoms with Crippen LogP contribution in [0, 0.1) is 11.3 Å². The molecular weight excluding hydrogens is 142 g/mol. The zero-order valence-electron chi connectivity index (χ0n) is 5.82. The Bertz CT molecular complexity index is 282. The minimum atomic E-state index is -0.932. The number of rotatable bonds is 2. The predicted octanol–water partition coefficient (Wildman–Crippen LogP) is 1.39. The molecule has 3 heteroatoms. The van der Waals surface area contributed by atoms with Crippen LogP contribution in [0.15, 0.2) is 35.2 Å². The summed E-state index contributed by atoms with van der Waals surface area (Å²) in [5.41, 5.74) is 0.669. The van der Waals surface area contributed by atoms with Gasteiger partial charge in [0.25, 0.3) is 0 Å². The maximum absolute atomic E-state index is 9.30. The molecule has 1 heterocycles. The van der Waals surface area contributed by atoms with Gasteiger partial charge in [-0.3, -0.25) is 0 Å². The fraction of sp³-hybridized carbons (Fsp3) is 0.125. The minimum Gasteiger partial charge on any atom is -0.472 e. The van der Waals surface area contributed by atoms with Crippen LogP contribution in [0.5, 0.6) is 0 Å². The van der Waals surface area contributed by atoms with Gasteiger partial charge in [-0.25, -0.2) is 0 Å². The first-order chi connectivity index (χ1) is 5.25. The summed E-state index contributed by atoms with van der Waals surface area (Å²) >= 11 is 0. The average molecular weight is 149 g/mol. The van der Waals surface area contributed by atoms with E-state index in [0.717, 1.165) is 0 Å². The van der Waals surface area contributed by atoms with Crippen LogP contribution in [-0.4, -0.2) is 5.11 Å². The number of aliphatic hydroxyl groups is 1. The van der Waals surface area contributed by atoms with Gasteiger partial charge >= 0.3 is 0 Å². The lowest BCUT2D eigenvalue weighted by molar-refractivity contribution is 0.220. The first kappa shape index (κ1) is 7.58. The summed E-state index contributed by atoms with van der Waals surface area (Å²) in [6.45, 7) is 3.38. The van der Waals surface area contributed by atoms with Crippen LogP contribution in [0.2, 0.25) is 0 Å². The summed E-state index contributed by atoms with van der Waals surface area (Å²) in [5, 5.41) is 17.7. The molecule has 1 atom stereocenters. The van der Waals surface area contributed by atoms with E-state index in [9.17, 15) is 5.11 Å². The highest BCUT2D eigenvalue weighted by Gasteiger charge is 2.11. The molecule has 1 unspecified atom stereocenters. The number of hydrogen-bond donors (Lipinski definition) is 1. The van der Waals surface area contributed by atoms with Gasteiger partial charge < -0.3 is 9.52 Å². The zero-order chi connectivity index (χ0) is 8.27. The molecule has 0 aliphatic carbocycles. The summed E-state index contributed by atoms with van der Waals surface area (Å²) in [7, 11) is 0. The van der Waals surface area contributed by atoms with Gasteiger partial charge in [-0.2, -0.15) is 5.26 Å². The Morgan fingerprint density at radius 3 is 3.00 bits per heavy atom. The first-order valence-corrected chi connectivity index (χ1v) is 3.04. The molecule has 0 amide bonds. The molecular formula is C8H7NO2. The molecule has 3 nitrogen and oxygen atoms in total. The summed E-state index contributed by atoms with van der Waals surface area (Å²) in [4.78, 5) is 0. The van der Waals surface area contributed by atoms with Gasteiger partial charge in [0, 0.05) is 5.56 Å². The highest BCUT2D eigenvalue weighted by molar-refractivity contribution is 5.29. The third kappa shape index (κ3) is 1.48. The summed E-state index contributed by atoms with van der Waals surface area (Å²) in [5.74, 6) is 0. The molecule has 11 heavy (non-hydrogen) atoms. The van der Waals surface area contributed by atoms with Crippen LogP contribution in [0.25, 0.3) is 0 Å². The molecule has 0 spiro atoms. The number of aliphatic hydroxyl groups excluding tert-OH is 1. The fourth-order valence-corrected chi connectivity index (χ4v) is 0.693. The zero-order valence-corrected chi connectivity index (χ0v) is 5.82. The predicted molar refractivity (Wildman–Crippen MR) is 38.4 cm³/mol. The summed E-state index contributed by atoms with van der Waals surface area (Å²) in [6, 6.07) is 3.36. The van der Waals surface area contributed by atoms with Gasteiger partial charge in [-0.05, 0) is 6.07 Å². The van der Waals surface area contributed by atoms with Crippen molar-refractivity contribution in [2.75, 3.05) is 0 Å². The Morgan fingerprint density at radius 2 is 2.55 bits per heavy atom. The third-order valence-corrected chi connectivity index (χ3v) is 1.33. The molecule has 0 radical (unpaired) electrons. The van der Waals surface area contributed by atoms with Crippen LogP contribution < -0.4 is 0 Å². The van der Waals surface area contributed by atoms with Gasteiger partial charge in [-0.15, -0.1) is 0 Å². The van der Waals surface area contributed by atoms with Crippen molar-refractivity contribution in [3.8, 4) is 6.07 Å². The van der Waals surface area contributed by atoms with Crippen LogP contribution in [0.3, 0.4) is 0 Å².